The summed E-state index contributed by atoms with van der Waals surface area (Å²) < 4.78 is 26.9. The van der Waals surface area contributed by atoms with E-state index in [1.807, 2.05) is 18.2 Å². The van der Waals surface area contributed by atoms with E-state index >= 15 is 0 Å². The molecule has 1 fully saturated rings. The van der Waals surface area contributed by atoms with E-state index in [1.54, 1.807) is 11.1 Å². The largest absolute Gasteiger partial charge is 0.503 e. The average Bonchev–Trinajstić information content (AvgIpc) is 2.65. The van der Waals surface area contributed by atoms with Gasteiger partial charge in [0.05, 0.1) is 5.69 Å². The molecule has 1 aromatic heterocycles. The summed E-state index contributed by atoms with van der Waals surface area (Å²) >= 11 is 0. The number of halogens is 2. The van der Waals surface area contributed by atoms with Crippen molar-refractivity contribution in [3.8, 4) is 5.75 Å². The molecule has 1 aliphatic rings. The van der Waals surface area contributed by atoms with Crippen LogP contribution in [-0.4, -0.2) is 52.0 Å². The van der Waals surface area contributed by atoms with Crippen LogP contribution in [0.4, 0.5) is 8.78 Å². The van der Waals surface area contributed by atoms with Gasteiger partial charge in [0.25, 0.3) is 5.91 Å². The van der Waals surface area contributed by atoms with Gasteiger partial charge in [-0.1, -0.05) is 6.07 Å². The Bertz CT molecular complexity index is 739. The van der Waals surface area contributed by atoms with Gasteiger partial charge >= 0.3 is 0 Å². The molecule has 5 nitrogen and oxygen atoms in total. The Labute approximate surface area is 144 Å². The van der Waals surface area contributed by atoms with E-state index in [1.165, 1.54) is 0 Å². The summed E-state index contributed by atoms with van der Waals surface area (Å²) in [5, 5.41) is 9.14. The van der Waals surface area contributed by atoms with Crippen LogP contribution in [0.1, 0.15) is 29.0 Å². The highest BCUT2D eigenvalue weighted by Gasteiger charge is 2.26. The second kappa shape index (κ2) is 7.14. The quantitative estimate of drug-likeness (QED) is 0.927. The Balaban J connectivity index is 1.65. The lowest BCUT2D eigenvalue weighted by Crippen LogP contribution is -2.49. The lowest BCUT2D eigenvalue weighted by molar-refractivity contribution is 0.0578. The van der Waals surface area contributed by atoms with Crippen LogP contribution in [0.2, 0.25) is 0 Å². The summed E-state index contributed by atoms with van der Waals surface area (Å²) in [7, 11) is 0. The van der Waals surface area contributed by atoms with Crippen LogP contribution in [0.15, 0.2) is 36.5 Å². The van der Waals surface area contributed by atoms with Crippen LogP contribution in [0.3, 0.4) is 0 Å². The van der Waals surface area contributed by atoms with Crippen LogP contribution in [0.25, 0.3) is 0 Å². The predicted octanol–water partition coefficient (Wildman–Crippen LogP) is 2.58. The number of piperazine rings is 1. The minimum Gasteiger partial charge on any atom is -0.503 e. The van der Waals surface area contributed by atoms with Crippen LogP contribution in [0.5, 0.6) is 5.75 Å². The minimum absolute atomic E-state index is 0.0981. The number of amides is 1. The van der Waals surface area contributed by atoms with Gasteiger partial charge < -0.3 is 10.0 Å². The van der Waals surface area contributed by atoms with Crippen LogP contribution in [0, 0.1) is 11.6 Å². The molecule has 1 aromatic carbocycles. The number of pyridine rings is 1. The third-order valence-corrected chi connectivity index (χ3v) is 4.53. The molecule has 0 spiro atoms. The smallest absolute Gasteiger partial charge is 0.254 e. The molecular weight excluding hydrogens is 328 g/mol. The van der Waals surface area contributed by atoms with Crippen LogP contribution < -0.4 is 0 Å². The normalized spacial score (nSPS) is 16.7. The summed E-state index contributed by atoms with van der Waals surface area (Å²) in [5.74, 6) is -3.77. The average molecular weight is 347 g/mol. The minimum atomic E-state index is -1.13. The summed E-state index contributed by atoms with van der Waals surface area (Å²) in [6.07, 6.45) is 1.75. The van der Waals surface area contributed by atoms with Gasteiger partial charge in [0.1, 0.15) is 0 Å². The molecule has 1 N–H and O–H groups in total. The van der Waals surface area contributed by atoms with Gasteiger partial charge in [-0.2, -0.15) is 0 Å². The van der Waals surface area contributed by atoms with Crippen molar-refractivity contribution in [3.63, 3.8) is 0 Å². The van der Waals surface area contributed by atoms with Crippen molar-refractivity contribution in [1.82, 2.24) is 14.8 Å². The standard InChI is InChI=1S/C18H19F2N3O2/c1-12(16-4-2-3-5-21-16)22-6-8-23(9-7-22)18(25)13-10-14(19)17(24)15(20)11-13/h2-5,10-12,24H,6-9H2,1H3/t12-/m1/s1. The second-order valence-electron chi connectivity index (χ2n) is 6.05. The summed E-state index contributed by atoms with van der Waals surface area (Å²) in [4.78, 5) is 20.6. The predicted molar refractivity (Wildman–Crippen MR) is 88.2 cm³/mol. The van der Waals surface area contributed by atoms with Gasteiger partial charge in [0.2, 0.25) is 0 Å². The zero-order valence-corrected chi connectivity index (χ0v) is 13.8. The Kier molecular flexibility index (Phi) is 4.94. The molecule has 1 saturated heterocycles. The van der Waals surface area contributed by atoms with Crippen molar-refractivity contribution < 1.29 is 18.7 Å². The molecule has 0 bridgehead atoms. The Morgan fingerprint density at radius 2 is 1.80 bits per heavy atom. The molecule has 0 radical (unpaired) electrons. The molecule has 1 atom stereocenters. The molecule has 7 heteroatoms. The highest BCUT2D eigenvalue weighted by molar-refractivity contribution is 5.94. The van der Waals surface area contributed by atoms with Crippen molar-refractivity contribution in [2.24, 2.45) is 0 Å². The SMILES string of the molecule is C[C@H](c1ccccn1)N1CCN(C(=O)c2cc(F)c(O)c(F)c2)CC1. The number of rotatable bonds is 3. The summed E-state index contributed by atoms with van der Waals surface area (Å²) in [6, 6.07) is 7.62. The molecule has 0 unspecified atom stereocenters. The van der Waals surface area contributed by atoms with Crippen molar-refractivity contribution in [2.75, 3.05) is 26.2 Å². The lowest BCUT2D eigenvalue weighted by Gasteiger charge is -2.37. The van der Waals surface area contributed by atoms with Gasteiger partial charge in [-0.15, -0.1) is 0 Å². The number of hydrogen-bond acceptors (Lipinski definition) is 4. The number of phenolic OH excluding ortho intramolecular Hbond substituents is 1. The highest BCUT2D eigenvalue weighted by atomic mass is 19.1. The third-order valence-electron chi connectivity index (χ3n) is 4.53. The molecular formula is C18H19F2N3O2. The first-order valence-corrected chi connectivity index (χ1v) is 8.09. The first kappa shape index (κ1) is 17.3. The molecule has 2 heterocycles. The molecule has 132 valence electrons. The van der Waals surface area contributed by atoms with Gasteiger partial charge in [0.15, 0.2) is 17.4 Å². The zero-order chi connectivity index (χ0) is 18.0. The molecule has 25 heavy (non-hydrogen) atoms. The maximum Gasteiger partial charge on any atom is 0.254 e. The van der Waals surface area contributed by atoms with Gasteiger partial charge in [-0.3, -0.25) is 14.7 Å². The first-order valence-electron chi connectivity index (χ1n) is 8.09. The van der Waals surface area contributed by atoms with E-state index in [4.69, 9.17) is 5.11 Å². The number of hydrogen-bond donors (Lipinski definition) is 1. The van der Waals surface area contributed by atoms with Gasteiger partial charge in [-0.05, 0) is 31.2 Å². The topological polar surface area (TPSA) is 56.7 Å². The van der Waals surface area contributed by atoms with Crippen molar-refractivity contribution in [2.45, 2.75) is 13.0 Å². The Morgan fingerprint density at radius 3 is 2.36 bits per heavy atom. The van der Waals surface area contributed by atoms with E-state index in [0.717, 1.165) is 17.8 Å². The number of aromatic hydroxyl groups is 1. The second-order valence-corrected chi connectivity index (χ2v) is 6.05. The molecule has 1 aliphatic heterocycles. The van der Waals surface area contributed by atoms with E-state index in [-0.39, 0.29) is 11.6 Å². The van der Waals surface area contributed by atoms with E-state index in [0.29, 0.717) is 26.2 Å². The number of carbonyl (C=O) groups is 1. The maximum atomic E-state index is 13.4. The van der Waals surface area contributed by atoms with Crippen molar-refractivity contribution in [1.29, 1.82) is 0 Å². The summed E-state index contributed by atoms with van der Waals surface area (Å²) in [5.41, 5.74) is 0.865. The monoisotopic (exact) mass is 347 g/mol. The fourth-order valence-corrected chi connectivity index (χ4v) is 2.99. The summed E-state index contributed by atoms with van der Waals surface area (Å²) in [6.45, 7) is 4.27. The lowest BCUT2D eigenvalue weighted by atomic mass is 10.1. The number of nitrogens with zero attached hydrogens (tertiary/aromatic N) is 3. The Morgan fingerprint density at radius 1 is 1.16 bits per heavy atom. The van der Waals surface area contributed by atoms with E-state index < -0.39 is 23.3 Å². The fraction of sp³-hybridized carbons (Fsp3) is 0.333. The number of carbonyl (C=O) groups excluding carboxylic acids is 1. The van der Waals surface area contributed by atoms with E-state index in [2.05, 4.69) is 16.8 Å². The molecule has 1 amide bonds. The fourth-order valence-electron chi connectivity index (χ4n) is 2.99. The molecule has 0 aliphatic carbocycles. The van der Waals surface area contributed by atoms with Gasteiger partial charge in [-0.25, -0.2) is 8.78 Å². The molecule has 3 rings (SSSR count). The number of aromatic nitrogens is 1. The van der Waals surface area contributed by atoms with Crippen LogP contribution >= 0.6 is 0 Å². The maximum absolute atomic E-state index is 13.4. The number of benzene rings is 1. The molecule has 2 aromatic rings. The van der Waals surface area contributed by atoms with Crippen LogP contribution in [-0.2, 0) is 0 Å². The first-order chi connectivity index (χ1) is 12.0. The Hall–Kier alpha value is -2.54. The third kappa shape index (κ3) is 3.61. The highest BCUT2D eigenvalue weighted by Crippen LogP contribution is 2.24. The number of phenols is 1. The van der Waals surface area contributed by atoms with Crippen molar-refractivity contribution >= 4 is 5.91 Å². The van der Waals surface area contributed by atoms with Crippen molar-refractivity contribution in [3.05, 3.63) is 59.4 Å². The van der Waals surface area contributed by atoms with Gasteiger partial charge in [0, 0.05) is 44.0 Å². The zero-order valence-electron chi connectivity index (χ0n) is 13.8. The van der Waals surface area contributed by atoms with E-state index in [9.17, 15) is 13.6 Å². The molecule has 0 saturated carbocycles.